The number of fused-ring (bicyclic) bond motifs is 1. The van der Waals surface area contributed by atoms with Crippen molar-refractivity contribution in [3.8, 4) is 0 Å². The number of para-hydroxylation sites is 1. The molecule has 5 heteroatoms. The minimum absolute atomic E-state index is 0.122. The van der Waals surface area contributed by atoms with Gasteiger partial charge in [0.2, 0.25) is 0 Å². The van der Waals surface area contributed by atoms with Gasteiger partial charge in [0.1, 0.15) is 0 Å². The van der Waals surface area contributed by atoms with Crippen molar-refractivity contribution in [2.45, 2.75) is 32.9 Å². The van der Waals surface area contributed by atoms with Crippen molar-refractivity contribution in [2.24, 2.45) is 7.05 Å². The fourth-order valence-electron chi connectivity index (χ4n) is 4.09. The summed E-state index contributed by atoms with van der Waals surface area (Å²) in [6.07, 6.45) is 9.54. The Morgan fingerprint density at radius 3 is 2.68 bits per heavy atom. The maximum Gasteiger partial charge on any atom is 0.193 e. The molecular formula is C26H28N4O. The maximum absolute atomic E-state index is 13.2. The molecule has 0 aliphatic rings. The van der Waals surface area contributed by atoms with Crippen LogP contribution in [-0.2, 0) is 26.6 Å². The number of hydrogen-bond acceptors (Lipinski definition) is 4. The lowest BCUT2D eigenvalue weighted by atomic mass is 10.1. The van der Waals surface area contributed by atoms with Gasteiger partial charge in [0.15, 0.2) is 5.43 Å². The summed E-state index contributed by atoms with van der Waals surface area (Å²) < 4.78 is 2.05. The Hall–Kier alpha value is -3.31. The smallest absolute Gasteiger partial charge is 0.193 e. The molecule has 5 nitrogen and oxygen atoms in total. The van der Waals surface area contributed by atoms with Gasteiger partial charge in [-0.05, 0) is 67.8 Å². The van der Waals surface area contributed by atoms with Crippen LogP contribution in [0.5, 0.6) is 0 Å². The van der Waals surface area contributed by atoms with Gasteiger partial charge in [0.05, 0.1) is 5.52 Å². The van der Waals surface area contributed by atoms with Gasteiger partial charge in [-0.15, -0.1) is 0 Å². The maximum atomic E-state index is 13.2. The Balaban J connectivity index is 1.57. The number of aromatic nitrogens is 3. The van der Waals surface area contributed by atoms with Crippen molar-refractivity contribution in [3.05, 3.63) is 106 Å². The summed E-state index contributed by atoms with van der Waals surface area (Å²) in [6.45, 7) is 4.31. The zero-order valence-electron chi connectivity index (χ0n) is 18.2. The molecule has 0 saturated carbocycles. The molecular weight excluding hydrogens is 384 g/mol. The van der Waals surface area contributed by atoms with Crippen molar-refractivity contribution in [3.63, 3.8) is 0 Å². The quantitative estimate of drug-likeness (QED) is 0.434. The molecule has 0 amide bonds. The van der Waals surface area contributed by atoms with Crippen molar-refractivity contribution >= 4 is 10.9 Å². The average molecular weight is 413 g/mol. The van der Waals surface area contributed by atoms with Crippen LogP contribution in [0, 0.1) is 6.92 Å². The molecule has 3 heterocycles. The van der Waals surface area contributed by atoms with E-state index in [0.717, 1.165) is 48.1 Å². The first-order valence-corrected chi connectivity index (χ1v) is 10.7. The normalized spacial score (nSPS) is 11.3. The minimum atomic E-state index is 0.122. The first-order chi connectivity index (χ1) is 15.1. The Morgan fingerprint density at radius 1 is 1.00 bits per heavy atom. The number of aryl methyl sites for hydroxylation is 3. The molecule has 0 spiro atoms. The summed E-state index contributed by atoms with van der Waals surface area (Å²) in [7, 11) is 2.00. The highest BCUT2D eigenvalue weighted by Gasteiger charge is 2.13. The molecule has 0 radical (unpaired) electrons. The Bertz CT molecular complexity index is 1220. The third-order valence-corrected chi connectivity index (χ3v) is 5.59. The molecule has 0 N–H and O–H groups in total. The summed E-state index contributed by atoms with van der Waals surface area (Å²) >= 11 is 0. The molecule has 158 valence electrons. The van der Waals surface area contributed by atoms with E-state index in [1.54, 1.807) is 6.20 Å². The van der Waals surface area contributed by atoms with E-state index in [9.17, 15) is 4.79 Å². The molecule has 1 aromatic carbocycles. The zero-order chi connectivity index (χ0) is 21.6. The highest BCUT2D eigenvalue weighted by molar-refractivity contribution is 5.79. The van der Waals surface area contributed by atoms with Gasteiger partial charge in [-0.2, -0.15) is 0 Å². The fourth-order valence-corrected chi connectivity index (χ4v) is 4.09. The first-order valence-electron chi connectivity index (χ1n) is 10.7. The van der Waals surface area contributed by atoms with Gasteiger partial charge < -0.3 is 4.57 Å². The number of benzene rings is 1. The van der Waals surface area contributed by atoms with Crippen LogP contribution in [0.3, 0.4) is 0 Å². The van der Waals surface area contributed by atoms with E-state index in [2.05, 4.69) is 37.6 Å². The number of hydrogen-bond donors (Lipinski definition) is 0. The highest BCUT2D eigenvalue weighted by Crippen LogP contribution is 2.14. The summed E-state index contributed by atoms with van der Waals surface area (Å²) in [5, 5.41) is 0.776. The monoisotopic (exact) mass is 412 g/mol. The molecule has 31 heavy (non-hydrogen) atoms. The second-order valence-corrected chi connectivity index (χ2v) is 8.09. The molecule has 0 bridgehead atoms. The van der Waals surface area contributed by atoms with E-state index in [4.69, 9.17) is 0 Å². The number of rotatable bonds is 8. The lowest BCUT2D eigenvalue weighted by Crippen LogP contribution is -2.28. The van der Waals surface area contributed by atoms with Crippen molar-refractivity contribution in [1.29, 1.82) is 0 Å². The summed E-state index contributed by atoms with van der Waals surface area (Å²) in [4.78, 5) is 24.0. The molecule has 0 aliphatic carbocycles. The van der Waals surface area contributed by atoms with Crippen LogP contribution in [0.4, 0.5) is 0 Å². The third-order valence-electron chi connectivity index (χ3n) is 5.59. The Morgan fingerprint density at radius 2 is 1.87 bits per heavy atom. The second-order valence-electron chi connectivity index (χ2n) is 8.09. The molecule has 3 aromatic heterocycles. The molecule has 0 saturated heterocycles. The van der Waals surface area contributed by atoms with Crippen LogP contribution in [0.15, 0.2) is 78.1 Å². The van der Waals surface area contributed by atoms with Gasteiger partial charge in [-0.25, -0.2) is 0 Å². The van der Waals surface area contributed by atoms with Crippen molar-refractivity contribution in [2.75, 3.05) is 6.54 Å². The minimum Gasteiger partial charge on any atom is -0.350 e. The topological polar surface area (TPSA) is 51.0 Å². The molecule has 0 unspecified atom stereocenters. The molecule has 4 aromatic rings. The molecule has 0 fully saturated rings. The standard InChI is InChI=1S/C26H28N4O/c1-20-15-22(11-13-28-20)17-30(14-6-8-21-7-5-12-27-16-21)19-23-18-29(2)25-10-4-3-9-24(25)26(23)31/h3-5,7,9-13,15-16,18H,6,8,14,17,19H2,1-2H3. The van der Waals surface area contributed by atoms with Crippen molar-refractivity contribution < 1.29 is 0 Å². The number of pyridine rings is 3. The summed E-state index contributed by atoms with van der Waals surface area (Å²) in [6, 6.07) is 16.1. The van der Waals surface area contributed by atoms with Gasteiger partial charge in [0.25, 0.3) is 0 Å². The Kier molecular flexibility index (Phi) is 6.53. The summed E-state index contributed by atoms with van der Waals surface area (Å²) in [5.41, 5.74) is 5.37. The van der Waals surface area contributed by atoms with Crippen LogP contribution in [0.1, 0.15) is 28.8 Å². The second kappa shape index (κ2) is 9.67. The fraction of sp³-hybridized carbons (Fsp3) is 0.269. The van der Waals surface area contributed by atoms with E-state index in [0.29, 0.717) is 6.54 Å². The van der Waals surface area contributed by atoms with Crippen LogP contribution < -0.4 is 5.43 Å². The van der Waals surface area contributed by atoms with Crippen LogP contribution >= 0.6 is 0 Å². The van der Waals surface area contributed by atoms with E-state index >= 15 is 0 Å². The zero-order valence-corrected chi connectivity index (χ0v) is 18.2. The highest BCUT2D eigenvalue weighted by atomic mass is 16.1. The lowest BCUT2D eigenvalue weighted by Gasteiger charge is -2.23. The number of nitrogens with zero attached hydrogens (tertiary/aromatic N) is 4. The predicted octanol–water partition coefficient (Wildman–Crippen LogP) is 4.27. The largest absolute Gasteiger partial charge is 0.350 e. The van der Waals surface area contributed by atoms with Gasteiger partial charge in [-0.1, -0.05) is 18.2 Å². The summed E-state index contributed by atoms with van der Waals surface area (Å²) in [5.74, 6) is 0. The van der Waals surface area contributed by atoms with E-state index < -0.39 is 0 Å². The van der Waals surface area contributed by atoms with E-state index in [1.807, 2.05) is 62.9 Å². The van der Waals surface area contributed by atoms with Gasteiger partial charge >= 0.3 is 0 Å². The van der Waals surface area contributed by atoms with Crippen LogP contribution in [0.25, 0.3) is 10.9 Å². The lowest BCUT2D eigenvalue weighted by molar-refractivity contribution is 0.252. The van der Waals surface area contributed by atoms with E-state index in [-0.39, 0.29) is 5.43 Å². The Labute approximate surface area is 183 Å². The van der Waals surface area contributed by atoms with E-state index in [1.165, 1.54) is 11.1 Å². The first kappa shape index (κ1) is 20.9. The molecule has 0 atom stereocenters. The molecule has 0 aliphatic heterocycles. The van der Waals surface area contributed by atoms with Gasteiger partial charge in [0, 0.05) is 61.6 Å². The SMILES string of the molecule is Cc1cc(CN(CCCc2cccnc2)Cc2cn(C)c3ccccc3c2=O)ccn1. The predicted molar refractivity (Wildman–Crippen MR) is 125 cm³/mol. The van der Waals surface area contributed by atoms with Crippen molar-refractivity contribution in [1.82, 2.24) is 19.4 Å². The third kappa shape index (κ3) is 5.25. The van der Waals surface area contributed by atoms with Crippen LogP contribution in [0.2, 0.25) is 0 Å². The molecule has 4 rings (SSSR count). The van der Waals surface area contributed by atoms with Gasteiger partial charge in [-0.3, -0.25) is 19.7 Å². The van der Waals surface area contributed by atoms with Crippen LogP contribution in [-0.4, -0.2) is 26.0 Å². The average Bonchev–Trinajstić information content (AvgIpc) is 2.78.